The molecule has 3 atom stereocenters. The quantitative estimate of drug-likeness (QED) is 0.516. The Labute approximate surface area is 169 Å². The van der Waals surface area contributed by atoms with Crippen molar-refractivity contribution in [2.75, 3.05) is 5.32 Å². The molecule has 0 radical (unpaired) electrons. The van der Waals surface area contributed by atoms with Crippen molar-refractivity contribution in [3.8, 4) is 0 Å². The lowest BCUT2D eigenvalue weighted by molar-refractivity contribution is -0.123. The van der Waals surface area contributed by atoms with Gasteiger partial charge >= 0.3 is 0 Å². The molecule has 7 heteroatoms. The number of hydrogen-bond donors (Lipinski definition) is 4. The fraction of sp³-hybridized carbons (Fsp3) is 0.600. The van der Waals surface area contributed by atoms with E-state index in [-0.39, 0.29) is 34.6 Å². The zero-order valence-corrected chi connectivity index (χ0v) is 17.5. The molecule has 1 saturated carbocycles. The molecule has 1 aliphatic heterocycles. The summed E-state index contributed by atoms with van der Waals surface area (Å²) in [6.07, 6.45) is 4.24. The van der Waals surface area contributed by atoms with Crippen LogP contribution in [0.5, 0.6) is 0 Å². The molecular formula is C20H29BrN4O2. The van der Waals surface area contributed by atoms with E-state index in [9.17, 15) is 9.59 Å². The van der Waals surface area contributed by atoms with Crippen LogP contribution in [0, 0.1) is 11.8 Å². The fourth-order valence-electron chi connectivity index (χ4n) is 3.79. The number of halogens is 1. The fourth-order valence-corrected chi connectivity index (χ4v) is 4.90. The highest BCUT2D eigenvalue weighted by molar-refractivity contribution is 9.09. The molecular weight excluding hydrogens is 408 g/mol. The van der Waals surface area contributed by atoms with Crippen molar-refractivity contribution in [1.82, 2.24) is 16.2 Å². The smallest absolute Gasteiger partial charge is 0.239 e. The third kappa shape index (κ3) is 5.09. The minimum absolute atomic E-state index is 0.0366. The van der Waals surface area contributed by atoms with Gasteiger partial charge in [0.25, 0.3) is 0 Å². The topological polar surface area (TPSA) is 82.3 Å². The van der Waals surface area contributed by atoms with Crippen LogP contribution in [-0.2, 0) is 16.1 Å². The molecule has 27 heavy (non-hydrogen) atoms. The van der Waals surface area contributed by atoms with E-state index in [0.717, 1.165) is 36.9 Å². The van der Waals surface area contributed by atoms with Gasteiger partial charge in [-0.15, -0.1) is 0 Å². The van der Waals surface area contributed by atoms with Crippen LogP contribution < -0.4 is 21.5 Å². The zero-order chi connectivity index (χ0) is 19.4. The summed E-state index contributed by atoms with van der Waals surface area (Å²) in [7, 11) is 0. The summed E-state index contributed by atoms with van der Waals surface area (Å²) in [6.45, 7) is 4.68. The van der Waals surface area contributed by atoms with Crippen molar-refractivity contribution < 1.29 is 9.59 Å². The number of amides is 2. The largest absolute Gasteiger partial charge is 0.351 e. The van der Waals surface area contributed by atoms with Crippen molar-refractivity contribution in [2.45, 2.75) is 63.0 Å². The number of hydrazine groups is 1. The number of benzene rings is 1. The normalized spacial score (nSPS) is 25.7. The zero-order valence-electron chi connectivity index (χ0n) is 15.9. The highest BCUT2D eigenvalue weighted by Crippen LogP contribution is 2.26. The Kier molecular flexibility index (Phi) is 6.89. The second kappa shape index (κ2) is 9.17. The van der Waals surface area contributed by atoms with Gasteiger partial charge in [0.1, 0.15) is 6.04 Å². The van der Waals surface area contributed by atoms with Gasteiger partial charge in [-0.25, -0.2) is 5.43 Å². The Balaban J connectivity index is 1.52. The highest BCUT2D eigenvalue weighted by Gasteiger charge is 2.39. The first-order chi connectivity index (χ1) is 13.0. The van der Waals surface area contributed by atoms with Crippen LogP contribution in [0.4, 0.5) is 5.69 Å². The lowest BCUT2D eigenvalue weighted by Crippen LogP contribution is -2.45. The Morgan fingerprint density at radius 1 is 1.19 bits per heavy atom. The molecule has 1 heterocycles. The lowest BCUT2D eigenvalue weighted by Gasteiger charge is -2.19. The van der Waals surface area contributed by atoms with E-state index in [4.69, 9.17) is 0 Å². The van der Waals surface area contributed by atoms with Gasteiger partial charge < -0.3 is 10.6 Å². The van der Waals surface area contributed by atoms with Gasteiger partial charge in [-0.3, -0.25) is 15.0 Å². The van der Waals surface area contributed by atoms with Gasteiger partial charge in [-0.2, -0.15) is 0 Å². The Hall–Kier alpha value is -1.44. The first-order valence-electron chi connectivity index (χ1n) is 9.78. The number of hydrogen-bond acceptors (Lipinski definition) is 4. The summed E-state index contributed by atoms with van der Waals surface area (Å²) in [4.78, 5) is 24.8. The van der Waals surface area contributed by atoms with E-state index < -0.39 is 0 Å². The van der Waals surface area contributed by atoms with Crippen LogP contribution in [0.15, 0.2) is 24.3 Å². The van der Waals surface area contributed by atoms with Crippen LogP contribution in [-0.4, -0.2) is 28.7 Å². The van der Waals surface area contributed by atoms with E-state index in [1.54, 1.807) is 0 Å². The summed E-state index contributed by atoms with van der Waals surface area (Å²) in [5.74, 6) is 0.614. The SMILES string of the molecule is CC(C)C1NNC(C(=O)NCc2cccc(NC(=O)C3CCCC3)c2)C1Br. The molecule has 2 aliphatic rings. The number of anilines is 1. The van der Waals surface area contributed by atoms with Gasteiger partial charge in [-0.1, -0.05) is 54.8 Å². The summed E-state index contributed by atoms with van der Waals surface area (Å²) >= 11 is 3.64. The first-order valence-corrected chi connectivity index (χ1v) is 10.7. The van der Waals surface area contributed by atoms with E-state index in [2.05, 4.69) is 51.3 Å². The maximum atomic E-state index is 12.5. The number of alkyl halides is 1. The minimum atomic E-state index is -0.317. The molecule has 1 aliphatic carbocycles. The molecule has 3 unspecified atom stereocenters. The average molecular weight is 437 g/mol. The maximum absolute atomic E-state index is 12.5. The molecule has 0 bridgehead atoms. The standard InChI is InChI=1S/C20H29BrN4O2/c1-12(2)17-16(21)18(25-24-17)20(27)22-11-13-6-5-9-15(10-13)23-19(26)14-7-3-4-8-14/h5-6,9-10,12,14,16-18,24-25H,3-4,7-8,11H2,1-2H3,(H,22,27)(H,23,26). The molecule has 6 nitrogen and oxygen atoms in total. The molecule has 1 saturated heterocycles. The van der Waals surface area contributed by atoms with Crippen LogP contribution in [0.1, 0.15) is 45.1 Å². The third-order valence-corrected chi connectivity index (χ3v) is 6.55. The Morgan fingerprint density at radius 3 is 2.59 bits per heavy atom. The van der Waals surface area contributed by atoms with Crippen molar-refractivity contribution in [3.63, 3.8) is 0 Å². The van der Waals surface area contributed by atoms with Crippen LogP contribution in [0.3, 0.4) is 0 Å². The van der Waals surface area contributed by atoms with Crippen LogP contribution in [0.2, 0.25) is 0 Å². The molecule has 1 aromatic rings. The van der Waals surface area contributed by atoms with Crippen LogP contribution in [0.25, 0.3) is 0 Å². The minimum Gasteiger partial charge on any atom is -0.351 e. The second-order valence-electron chi connectivity index (χ2n) is 7.87. The monoisotopic (exact) mass is 436 g/mol. The number of nitrogens with one attached hydrogen (secondary N) is 4. The van der Waals surface area contributed by atoms with E-state index in [0.29, 0.717) is 12.5 Å². The van der Waals surface area contributed by atoms with Gasteiger partial charge in [0.15, 0.2) is 0 Å². The molecule has 0 spiro atoms. The van der Waals surface area contributed by atoms with Gasteiger partial charge in [0, 0.05) is 24.2 Å². The van der Waals surface area contributed by atoms with Gasteiger partial charge in [0.05, 0.1) is 4.83 Å². The highest BCUT2D eigenvalue weighted by atomic mass is 79.9. The molecule has 2 amide bonds. The van der Waals surface area contributed by atoms with Crippen molar-refractivity contribution in [3.05, 3.63) is 29.8 Å². The Morgan fingerprint density at radius 2 is 1.93 bits per heavy atom. The second-order valence-corrected chi connectivity index (χ2v) is 8.93. The maximum Gasteiger partial charge on any atom is 0.239 e. The average Bonchev–Trinajstić information content (AvgIpc) is 3.30. The van der Waals surface area contributed by atoms with E-state index >= 15 is 0 Å². The van der Waals surface area contributed by atoms with Crippen molar-refractivity contribution in [1.29, 1.82) is 0 Å². The Bertz CT molecular complexity index is 676. The van der Waals surface area contributed by atoms with Gasteiger partial charge in [-0.05, 0) is 36.5 Å². The predicted molar refractivity (Wildman–Crippen MR) is 110 cm³/mol. The molecule has 3 rings (SSSR count). The summed E-state index contributed by atoms with van der Waals surface area (Å²) < 4.78 is 0. The summed E-state index contributed by atoms with van der Waals surface area (Å²) in [5, 5.41) is 5.99. The van der Waals surface area contributed by atoms with E-state index in [1.807, 2.05) is 24.3 Å². The third-order valence-electron chi connectivity index (χ3n) is 5.45. The molecule has 2 fully saturated rings. The van der Waals surface area contributed by atoms with Gasteiger partial charge in [0.2, 0.25) is 11.8 Å². The lowest BCUT2D eigenvalue weighted by atomic mass is 9.99. The van der Waals surface area contributed by atoms with E-state index in [1.165, 1.54) is 0 Å². The molecule has 0 aromatic heterocycles. The molecule has 1 aromatic carbocycles. The predicted octanol–water partition coefficient (Wildman–Crippen LogP) is 2.70. The number of carbonyl (C=O) groups is 2. The summed E-state index contributed by atoms with van der Waals surface area (Å²) in [6, 6.07) is 7.56. The summed E-state index contributed by atoms with van der Waals surface area (Å²) in [5.41, 5.74) is 8.02. The van der Waals surface area contributed by atoms with Crippen molar-refractivity contribution in [2.24, 2.45) is 11.8 Å². The van der Waals surface area contributed by atoms with Crippen molar-refractivity contribution >= 4 is 33.4 Å². The molecule has 4 N–H and O–H groups in total. The molecule has 148 valence electrons. The van der Waals surface area contributed by atoms with Crippen LogP contribution >= 0.6 is 15.9 Å². The number of rotatable bonds is 6. The first kappa shape index (κ1) is 20.3. The number of carbonyl (C=O) groups excluding carboxylic acids is 2.